The smallest absolute Gasteiger partial charge is 0.305 e. The van der Waals surface area contributed by atoms with E-state index in [-0.39, 0.29) is 18.5 Å². The van der Waals surface area contributed by atoms with Crippen LogP contribution in [0.25, 0.3) is 0 Å². The molecule has 6 nitrogen and oxygen atoms in total. The van der Waals surface area contributed by atoms with Crippen molar-refractivity contribution in [3.8, 4) is 0 Å². The van der Waals surface area contributed by atoms with Gasteiger partial charge in [0.2, 0.25) is 5.91 Å². The molecule has 0 saturated carbocycles. The Morgan fingerprint density at radius 1 is 0.333 bits per heavy atom. The summed E-state index contributed by atoms with van der Waals surface area (Å²) in [5.41, 5.74) is 0. The van der Waals surface area contributed by atoms with E-state index in [0.29, 0.717) is 19.4 Å². The van der Waals surface area contributed by atoms with Crippen molar-refractivity contribution in [2.24, 2.45) is 0 Å². The van der Waals surface area contributed by atoms with Crippen LogP contribution in [0.1, 0.15) is 399 Å². The number of nitrogens with one attached hydrogen (secondary N) is 1. The standard InChI is InChI=1S/C78H145NO5/c1-3-5-7-9-11-13-15-17-19-44-48-52-56-60-64-68-72-78(83)84-73-69-65-61-57-53-49-45-42-40-38-36-34-32-30-28-26-24-22-20-21-23-25-27-29-31-33-35-37-39-41-43-47-51-55-59-63-67-71-77(82)79-75(74-80)76(81)70-66-62-58-54-50-46-18-16-14-12-10-8-6-4-2/h13,15,19-20,22,26,28,44,66,70,75-76,80-81H,3-12,14,16-18,21,23-25,27,29-43,45-65,67-69,71-74H2,1-2H3,(H,79,82)/b15-13-,22-20-,28-26-,44-19-,70-66+. The van der Waals surface area contributed by atoms with E-state index in [1.54, 1.807) is 6.08 Å². The number of ether oxygens (including phenoxy) is 1. The average Bonchev–Trinajstić information content (AvgIpc) is 3.51. The summed E-state index contributed by atoms with van der Waals surface area (Å²) in [7, 11) is 0. The van der Waals surface area contributed by atoms with Gasteiger partial charge in [-0.15, -0.1) is 0 Å². The fourth-order valence-corrected chi connectivity index (χ4v) is 11.5. The lowest BCUT2D eigenvalue weighted by Crippen LogP contribution is -2.45. The first-order valence-electron chi connectivity index (χ1n) is 37.6. The molecule has 2 atom stereocenters. The third-order valence-corrected chi connectivity index (χ3v) is 17.3. The maximum Gasteiger partial charge on any atom is 0.305 e. The molecule has 6 heteroatoms. The number of aliphatic hydroxyl groups is 2. The van der Waals surface area contributed by atoms with Crippen molar-refractivity contribution in [3.63, 3.8) is 0 Å². The summed E-state index contributed by atoms with van der Waals surface area (Å²) in [6.45, 7) is 4.90. The topological polar surface area (TPSA) is 95.9 Å². The van der Waals surface area contributed by atoms with Gasteiger partial charge in [0, 0.05) is 12.8 Å². The van der Waals surface area contributed by atoms with Gasteiger partial charge in [-0.1, -0.05) is 351 Å². The molecule has 0 aromatic carbocycles. The number of hydrogen-bond donors (Lipinski definition) is 3. The van der Waals surface area contributed by atoms with Gasteiger partial charge < -0.3 is 20.3 Å². The second-order valence-corrected chi connectivity index (χ2v) is 25.6. The van der Waals surface area contributed by atoms with Gasteiger partial charge in [-0.05, 0) is 96.3 Å². The summed E-state index contributed by atoms with van der Waals surface area (Å²) in [4.78, 5) is 24.6. The van der Waals surface area contributed by atoms with Gasteiger partial charge in [-0.3, -0.25) is 9.59 Å². The number of carbonyl (C=O) groups excluding carboxylic acids is 2. The quantitative estimate of drug-likeness (QED) is 0.0320. The van der Waals surface area contributed by atoms with E-state index in [9.17, 15) is 19.8 Å². The van der Waals surface area contributed by atoms with Crippen molar-refractivity contribution >= 4 is 11.9 Å². The molecule has 0 fully saturated rings. The lowest BCUT2D eigenvalue weighted by molar-refractivity contribution is -0.143. The highest BCUT2D eigenvalue weighted by Crippen LogP contribution is 2.18. The molecule has 0 heterocycles. The highest BCUT2D eigenvalue weighted by Gasteiger charge is 2.18. The van der Waals surface area contributed by atoms with Crippen molar-refractivity contribution in [3.05, 3.63) is 60.8 Å². The van der Waals surface area contributed by atoms with E-state index in [2.05, 4.69) is 67.8 Å². The first kappa shape index (κ1) is 81.6. The van der Waals surface area contributed by atoms with Crippen LogP contribution in [0.5, 0.6) is 0 Å². The molecule has 0 aromatic rings. The number of rotatable bonds is 70. The van der Waals surface area contributed by atoms with Crippen molar-refractivity contribution in [1.29, 1.82) is 0 Å². The average molecular weight is 1180 g/mol. The van der Waals surface area contributed by atoms with Crippen LogP contribution >= 0.6 is 0 Å². The number of carbonyl (C=O) groups is 2. The van der Waals surface area contributed by atoms with Crippen LogP contribution in [-0.2, 0) is 14.3 Å². The zero-order valence-corrected chi connectivity index (χ0v) is 56.4. The lowest BCUT2D eigenvalue weighted by Gasteiger charge is -2.20. The van der Waals surface area contributed by atoms with Crippen molar-refractivity contribution in [1.82, 2.24) is 5.32 Å². The number of aliphatic hydroxyl groups excluding tert-OH is 2. The monoisotopic (exact) mass is 1180 g/mol. The normalized spacial score (nSPS) is 12.9. The van der Waals surface area contributed by atoms with Gasteiger partial charge in [0.05, 0.1) is 25.4 Å². The van der Waals surface area contributed by atoms with Gasteiger partial charge in [0.1, 0.15) is 0 Å². The fourth-order valence-electron chi connectivity index (χ4n) is 11.5. The zero-order chi connectivity index (χ0) is 60.6. The zero-order valence-electron chi connectivity index (χ0n) is 56.4. The molecule has 3 N–H and O–H groups in total. The Hall–Kier alpha value is -2.44. The van der Waals surface area contributed by atoms with Crippen molar-refractivity contribution < 1.29 is 24.5 Å². The summed E-state index contributed by atoms with van der Waals surface area (Å²) < 4.78 is 5.49. The molecule has 0 aliphatic heterocycles. The van der Waals surface area contributed by atoms with E-state index < -0.39 is 12.1 Å². The first-order chi connectivity index (χ1) is 41.5. The number of allylic oxidation sites excluding steroid dienone is 9. The maximum absolute atomic E-state index is 12.5. The van der Waals surface area contributed by atoms with E-state index in [1.807, 2.05) is 6.08 Å². The Kier molecular flexibility index (Phi) is 70.9. The number of hydrogen-bond acceptors (Lipinski definition) is 5. The maximum atomic E-state index is 12.5. The molecule has 1 amide bonds. The summed E-state index contributed by atoms with van der Waals surface area (Å²) in [6.07, 6.45) is 97.6. The second kappa shape index (κ2) is 73.0. The third kappa shape index (κ3) is 68.7. The first-order valence-corrected chi connectivity index (χ1v) is 37.6. The minimum atomic E-state index is -0.843. The Morgan fingerprint density at radius 3 is 0.917 bits per heavy atom. The van der Waals surface area contributed by atoms with Crippen LogP contribution in [0.4, 0.5) is 0 Å². The number of amides is 1. The summed E-state index contributed by atoms with van der Waals surface area (Å²) in [5.74, 6) is -0.0589. The Morgan fingerprint density at radius 2 is 0.595 bits per heavy atom. The van der Waals surface area contributed by atoms with Crippen LogP contribution in [0.2, 0.25) is 0 Å². The van der Waals surface area contributed by atoms with Crippen LogP contribution in [0.15, 0.2) is 60.8 Å². The minimum Gasteiger partial charge on any atom is -0.466 e. The molecular weight excluding hydrogens is 1030 g/mol. The van der Waals surface area contributed by atoms with E-state index in [4.69, 9.17) is 4.74 Å². The predicted octanol–water partition coefficient (Wildman–Crippen LogP) is 24.6. The SMILES string of the molecule is CCCCCC/C=C\C/C=C\CCCCCCCC(=O)OCCCCCCCCCCCCCCC/C=C\C/C=C\CCCCCCCCCCCCCCCCCCCC(=O)NC(CO)C(O)/C=C/CCCCCCCCCCCCCC. The number of unbranched alkanes of at least 4 members (excludes halogenated alkanes) is 51. The summed E-state index contributed by atoms with van der Waals surface area (Å²) in [6, 6.07) is -0.626. The van der Waals surface area contributed by atoms with Crippen molar-refractivity contribution in [2.45, 2.75) is 411 Å². The van der Waals surface area contributed by atoms with Crippen LogP contribution in [0, 0.1) is 0 Å². The third-order valence-electron chi connectivity index (χ3n) is 17.3. The summed E-state index contributed by atoms with van der Waals surface area (Å²) in [5, 5.41) is 23.2. The van der Waals surface area contributed by atoms with Gasteiger partial charge in [0.15, 0.2) is 0 Å². The van der Waals surface area contributed by atoms with Gasteiger partial charge in [-0.25, -0.2) is 0 Å². The largest absolute Gasteiger partial charge is 0.466 e. The fraction of sp³-hybridized carbons (Fsp3) is 0.846. The molecule has 492 valence electrons. The predicted molar refractivity (Wildman–Crippen MR) is 370 cm³/mol. The van der Waals surface area contributed by atoms with Crippen LogP contribution in [-0.4, -0.2) is 47.4 Å². The Balaban J connectivity index is 3.37. The molecule has 0 aliphatic rings. The van der Waals surface area contributed by atoms with Gasteiger partial charge in [0.25, 0.3) is 0 Å². The summed E-state index contributed by atoms with van der Waals surface area (Å²) >= 11 is 0. The molecule has 0 rings (SSSR count). The van der Waals surface area contributed by atoms with Crippen LogP contribution < -0.4 is 5.32 Å². The van der Waals surface area contributed by atoms with E-state index in [0.717, 1.165) is 57.8 Å². The lowest BCUT2D eigenvalue weighted by atomic mass is 10.0. The molecule has 0 bridgehead atoms. The molecule has 0 saturated heterocycles. The Labute approximate surface area is 524 Å². The van der Waals surface area contributed by atoms with Crippen molar-refractivity contribution in [2.75, 3.05) is 13.2 Å². The van der Waals surface area contributed by atoms with Gasteiger partial charge >= 0.3 is 5.97 Å². The minimum absolute atomic E-state index is 0.00501. The highest BCUT2D eigenvalue weighted by molar-refractivity contribution is 5.76. The van der Waals surface area contributed by atoms with E-state index in [1.165, 1.54) is 315 Å². The Bertz CT molecular complexity index is 1450. The molecular formula is C78H145NO5. The molecule has 0 spiro atoms. The molecule has 84 heavy (non-hydrogen) atoms. The molecule has 2 unspecified atom stereocenters. The molecule has 0 aromatic heterocycles. The number of esters is 1. The molecule has 0 aliphatic carbocycles. The van der Waals surface area contributed by atoms with E-state index >= 15 is 0 Å². The second-order valence-electron chi connectivity index (χ2n) is 25.6. The highest BCUT2D eigenvalue weighted by atomic mass is 16.5. The van der Waals surface area contributed by atoms with Gasteiger partial charge in [-0.2, -0.15) is 0 Å². The van der Waals surface area contributed by atoms with Crippen LogP contribution in [0.3, 0.4) is 0 Å². The molecule has 0 radical (unpaired) electrons.